The number of nitrogens with one attached hydrogen (secondary N) is 1. The first-order valence-electron chi connectivity index (χ1n) is 6.23. The van der Waals surface area contributed by atoms with E-state index in [4.69, 9.17) is 5.73 Å². The molecule has 0 aromatic heterocycles. The molecule has 17 heavy (non-hydrogen) atoms. The summed E-state index contributed by atoms with van der Waals surface area (Å²) in [6.07, 6.45) is 0. The maximum absolute atomic E-state index is 10.4. The van der Waals surface area contributed by atoms with E-state index in [0.29, 0.717) is 6.54 Å². The first-order valence-corrected chi connectivity index (χ1v) is 6.23. The Kier molecular flexibility index (Phi) is 13.5. The Morgan fingerprint density at radius 3 is 2.29 bits per heavy atom. The highest BCUT2D eigenvalue weighted by Gasteiger charge is 1.94. The second-order valence-corrected chi connectivity index (χ2v) is 3.06. The standard InChI is InChI=1S/C10H14N2O.2C2H6/c1-8-3-2-4-9(5-8)6-12-7-10(11)13;2*1-2/h2-5,12H,6-7H2,1H3,(H2,11,13);2*1-2H3. The molecule has 0 heterocycles. The Hall–Kier alpha value is -1.35. The molecule has 0 saturated carbocycles. The van der Waals surface area contributed by atoms with Crippen molar-refractivity contribution in [2.45, 2.75) is 41.2 Å². The van der Waals surface area contributed by atoms with Crippen molar-refractivity contribution in [3.63, 3.8) is 0 Å². The van der Waals surface area contributed by atoms with Gasteiger partial charge in [0.2, 0.25) is 5.91 Å². The van der Waals surface area contributed by atoms with Gasteiger partial charge in [-0.05, 0) is 12.5 Å². The van der Waals surface area contributed by atoms with E-state index in [1.165, 1.54) is 11.1 Å². The van der Waals surface area contributed by atoms with E-state index in [-0.39, 0.29) is 12.5 Å². The highest BCUT2D eigenvalue weighted by Crippen LogP contribution is 2.02. The molecular weight excluding hydrogens is 212 g/mol. The number of benzene rings is 1. The molecule has 3 heteroatoms. The highest BCUT2D eigenvalue weighted by atomic mass is 16.1. The van der Waals surface area contributed by atoms with Gasteiger partial charge in [-0.1, -0.05) is 57.5 Å². The normalized spacial score (nSPS) is 8.29. The number of rotatable bonds is 4. The smallest absolute Gasteiger partial charge is 0.231 e. The van der Waals surface area contributed by atoms with Crippen molar-refractivity contribution >= 4 is 5.91 Å². The fourth-order valence-electron chi connectivity index (χ4n) is 1.15. The molecule has 0 aliphatic rings. The number of aryl methyl sites for hydroxylation is 1. The third kappa shape index (κ3) is 10.9. The van der Waals surface area contributed by atoms with Crippen molar-refractivity contribution in [2.75, 3.05) is 6.54 Å². The average Bonchev–Trinajstić information content (AvgIpc) is 2.34. The van der Waals surface area contributed by atoms with Gasteiger partial charge in [-0.25, -0.2) is 0 Å². The number of nitrogens with two attached hydrogens (primary N) is 1. The lowest BCUT2D eigenvalue weighted by molar-refractivity contribution is -0.117. The van der Waals surface area contributed by atoms with Gasteiger partial charge < -0.3 is 11.1 Å². The third-order valence-electron chi connectivity index (χ3n) is 1.71. The SMILES string of the molecule is CC.CC.Cc1cccc(CNCC(N)=O)c1. The second-order valence-electron chi connectivity index (χ2n) is 3.06. The molecule has 3 nitrogen and oxygen atoms in total. The van der Waals surface area contributed by atoms with Crippen LogP contribution in [-0.2, 0) is 11.3 Å². The maximum atomic E-state index is 10.4. The summed E-state index contributed by atoms with van der Waals surface area (Å²) >= 11 is 0. The molecule has 1 aromatic rings. The average molecular weight is 238 g/mol. The molecule has 0 spiro atoms. The lowest BCUT2D eigenvalue weighted by Gasteiger charge is -2.02. The number of primary amides is 1. The van der Waals surface area contributed by atoms with Gasteiger partial charge in [0, 0.05) is 6.54 Å². The number of amides is 1. The van der Waals surface area contributed by atoms with E-state index in [1.807, 2.05) is 52.8 Å². The molecule has 3 N–H and O–H groups in total. The van der Waals surface area contributed by atoms with Crippen molar-refractivity contribution in [3.05, 3.63) is 35.4 Å². The summed E-state index contributed by atoms with van der Waals surface area (Å²) in [6.45, 7) is 11.0. The van der Waals surface area contributed by atoms with Crippen LogP contribution in [0.4, 0.5) is 0 Å². The Labute approximate surface area is 105 Å². The summed E-state index contributed by atoms with van der Waals surface area (Å²) in [7, 11) is 0. The minimum absolute atomic E-state index is 0.230. The van der Waals surface area contributed by atoms with Crippen LogP contribution in [0.1, 0.15) is 38.8 Å². The Balaban J connectivity index is 0. The predicted octanol–water partition coefficient (Wildman–Crippen LogP) is 2.62. The number of hydrogen-bond acceptors (Lipinski definition) is 2. The van der Waals surface area contributed by atoms with Gasteiger partial charge in [0.1, 0.15) is 0 Å². The molecule has 98 valence electrons. The van der Waals surface area contributed by atoms with Crippen LogP contribution in [0.15, 0.2) is 24.3 Å². The zero-order valence-electron chi connectivity index (χ0n) is 11.7. The lowest BCUT2D eigenvalue weighted by Crippen LogP contribution is -2.28. The van der Waals surface area contributed by atoms with Gasteiger partial charge in [-0.15, -0.1) is 0 Å². The minimum Gasteiger partial charge on any atom is -0.369 e. The summed E-state index contributed by atoms with van der Waals surface area (Å²) < 4.78 is 0. The molecule has 0 aliphatic heterocycles. The van der Waals surface area contributed by atoms with Crippen LogP contribution in [0.3, 0.4) is 0 Å². The molecule has 1 amide bonds. The molecular formula is C14H26N2O. The monoisotopic (exact) mass is 238 g/mol. The maximum Gasteiger partial charge on any atom is 0.231 e. The zero-order chi connectivity index (χ0) is 13.7. The van der Waals surface area contributed by atoms with Gasteiger partial charge in [-0.2, -0.15) is 0 Å². The third-order valence-corrected chi connectivity index (χ3v) is 1.71. The van der Waals surface area contributed by atoms with Gasteiger partial charge in [0.05, 0.1) is 6.54 Å². The van der Waals surface area contributed by atoms with Gasteiger partial charge >= 0.3 is 0 Å². The van der Waals surface area contributed by atoms with Crippen LogP contribution < -0.4 is 11.1 Å². The summed E-state index contributed by atoms with van der Waals surface area (Å²) in [4.78, 5) is 10.4. The quantitative estimate of drug-likeness (QED) is 0.847. The number of carbonyl (C=O) groups excluding carboxylic acids is 1. The number of carbonyl (C=O) groups is 1. The van der Waals surface area contributed by atoms with Crippen LogP contribution in [-0.4, -0.2) is 12.5 Å². The molecule has 0 atom stereocenters. The molecule has 0 saturated heterocycles. The zero-order valence-corrected chi connectivity index (χ0v) is 11.7. The summed E-state index contributed by atoms with van der Waals surface area (Å²) in [5.41, 5.74) is 7.37. The van der Waals surface area contributed by atoms with E-state index < -0.39 is 0 Å². The highest BCUT2D eigenvalue weighted by molar-refractivity contribution is 5.75. The minimum atomic E-state index is -0.326. The fourth-order valence-corrected chi connectivity index (χ4v) is 1.15. The van der Waals surface area contributed by atoms with Crippen molar-refractivity contribution in [1.82, 2.24) is 5.32 Å². The second kappa shape index (κ2) is 12.7. The van der Waals surface area contributed by atoms with Crippen molar-refractivity contribution in [2.24, 2.45) is 5.73 Å². The van der Waals surface area contributed by atoms with Gasteiger partial charge in [-0.3, -0.25) is 4.79 Å². The van der Waals surface area contributed by atoms with Crippen LogP contribution in [0.2, 0.25) is 0 Å². The van der Waals surface area contributed by atoms with Crippen molar-refractivity contribution in [3.8, 4) is 0 Å². The van der Waals surface area contributed by atoms with E-state index in [1.54, 1.807) is 0 Å². The molecule has 0 unspecified atom stereocenters. The van der Waals surface area contributed by atoms with Gasteiger partial charge in [0.25, 0.3) is 0 Å². The van der Waals surface area contributed by atoms with E-state index in [0.717, 1.165) is 0 Å². The molecule has 1 rings (SSSR count). The molecule has 0 radical (unpaired) electrons. The molecule has 1 aromatic carbocycles. The van der Waals surface area contributed by atoms with Crippen LogP contribution in [0.5, 0.6) is 0 Å². The van der Waals surface area contributed by atoms with Crippen LogP contribution in [0, 0.1) is 6.92 Å². The Morgan fingerprint density at radius 1 is 1.24 bits per heavy atom. The van der Waals surface area contributed by atoms with E-state index in [2.05, 4.69) is 11.4 Å². The molecule has 0 bridgehead atoms. The van der Waals surface area contributed by atoms with Crippen molar-refractivity contribution in [1.29, 1.82) is 0 Å². The van der Waals surface area contributed by atoms with Crippen molar-refractivity contribution < 1.29 is 4.79 Å². The Bertz CT molecular complexity index is 298. The first kappa shape index (κ1) is 18.0. The topological polar surface area (TPSA) is 55.1 Å². The van der Waals surface area contributed by atoms with E-state index >= 15 is 0 Å². The summed E-state index contributed by atoms with van der Waals surface area (Å²) in [6, 6.07) is 8.13. The van der Waals surface area contributed by atoms with E-state index in [9.17, 15) is 4.79 Å². The lowest BCUT2D eigenvalue weighted by atomic mass is 10.1. The molecule has 0 aliphatic carbocycles. The summed E-state index contributed by atoms with van der Waals surface area (Å²) in [5, 5.41) is 2.95. The largest absolute Gasteiger partial charge is 0.369 e. The van der Waals surface area contributed by atoms with Crippen LogP contribution in [0.25, 0.3) is 0 Å². The van der Waals surface area contributed by atoms with Crippen LogP contribution >= 0.6 is 0 Å². The number of hydrogen-bond donors (Lipinski definition) is 2. The fraction of sp³-hybridized carbons (Fsp3) is 0.500. The summed E-state index contributed by atoms with van der Waals surface area (Å²) in [5.74, 6) is -0.326. The predicted molar refractivity (Wildman–Crippen MR) is 74.8 cm³/mol. The van der Waals surface area contributed by atoms with Gasteiger partial charge in [0.15, 0.2) is 0 Å². The molecule has 0 fully saturated rings. The Morgan fingerprint density at radius 2 is 1.82 bits per heavy atom. The first-order chi connectivity index (χ1) is 8.18.